The Labute approximate surface area is 192 Å². The third kappa shape index (κ3) is 5.81. The molecule has 176 valence electrons. The normalized spacial score (nSPS) is 17.3. The number of aromatic amines is 1. The summed E-state index contributed by atoms with van der Waals surface area (Å²) in [5.41, 5.74) is 5.30. The fourth-order valence-electron chi connectivity index (χ4n) is 3.50. The Balaban J connectivity index is 1.80. The molecule has 0 radical (unpaired) electrons. The van der Waals surface area contributed by atoms with Gasteiger partial charge in [-0.15, -0.1) is 0 Å². The van der Waals surface area contributed by atoms with E-state index in [1.807, 2.05) is 0 Å². The van der Waals surface area contributed by atoms with Crippen molar-refractivity contribution in [1.82, 2.24) is 20.8 Å². The molecule has 11 heteroatoms. The van der Waals surface area contributed by atoms with Crippen molar-refractivity contribution in [2.75, 3.05) is 23.3 Å². The number of hydrogen-bond acceptors (Lipinski definition) is 7. The molecule has 2 amide bonds. The van der Waals surface area contributed by atoms with Gasteiger partial charge in [-0.05, 0) is 47.5 Å². The highest BCUT2D eigenvalue weighted by Crippen LogP contribution is 2.38. The Hall–Kier alpha value is -2.56. The number of ether oxygens (including phenoxy) is 1. The number of aliphatic hydroxyl groups is 1. The number of fused-ring (bicyclic) bond motifs is 1. The molecule has 5 N–H and O–H groups in total. The quantitative estimate of drug-likeness (QED) is 0.428. The lowest BCUT2D eigenvalue weighted by Gasteiger charge is -2.35. The maximum Gasteiger partial charge on any atom is 0.422 e. The van der Waals surface area contributed by atoms with Crippen LogP contribution >= 0.6 is 11.6 Å². The van der Waals surface area contributed by atoms with Crippen molar-refractivity contribution in [3.8, 4) is 0 Å². The summed E-state index contributed by atoms with van der Waals surface area (Å²) in [5.74, 6) is -0.538. The zero-order valence-electron chi connectivity index (χ0n) is 19.0. The number of carbonyl (C=O) groups excluding carboxylic acids is 2. The average Bonchev–Trinajstić information content (AvgIpc) is 3.07. The number of carbonyl (C=O) groups is 2. The minimum atomic E-state index is -1.54. The standard InChI is InChI=1S/C21H31ClN6O4/c1-20(2,3)32-19(30)27-26-12-7-6-8-28(11-12)16-13(22)9-23-17-15(16)14(10-24-17)25-18(29)21(4,5)31/h9-10,12,26,31H,6-8,11H2,1-5H3,(H,23,24)(H,25,29)(H,27,30)/t12-/m1/s1. The Kier molecular flexibility index (Phi) is 6.87. The lowest BCUT2D eigenvalue weighted by atomic mass is 10.0. The molecule has 3 rings (SSSR count). The van der Waals surface area contributed by atoms with E-state index in [9.17, 15) is 14.7 Å². The van der Waals surface area contributed by atoms with Gasteiger partial charge in [-0.25, -0.2) is 15.2 Å². The van der Waals surface area contributed by atoms with Crippen LogP contribution in [0.15, 0.2) is 12.4 Å². The number of rotatable bonds is 5. The molecule has 0 aromatic carbocycles. The summed E-state index contributed by atoms with van der Waals surface area (Å²) in [6.45, 7) is 9.56. The Bertz CT molecular complexity index is 995. The van der Waals surface area contributed by atoms with E-state index in [1.165, 1.54) is 13.8 Å². The zero-order chi connectivity index (χ0) is 23.7. The lowest BCUT2D eigenvalue weighted by molar-refractivity contribution is -0.130. The molecular weight excluding hydrogens is 436 g/mol. The molecular formula is C21H31ClN6O4. The molecule has 32 heavy (non-hydrogen) atoms. The Morgan fingerprint density at radius 3 is 2.69 bits per heavy atom. The molecule has 0 aliphatic carbocycles. The monoisotopic (exact) mass is 466 g/mol. The zero-order valence-corrected chi connectivity index (χ0v) is 19.8. The van der Waals surface area contributed by atoms with Gasteiger partial charge in [-0.3, -0.25) is 10.2 Å². The van der Waals surface area contributed by atoms with Crippen LogP contribution in [0.25, 0.3) is 11.0 Å². The van der Waals surface area contributed by atoms with E-state index in [2.05, 4.69) is 31.0 Å². The SMILES string of the molecule is CC(C)(C)OC(=O)NN[C@@H]1CCCN(c2c(Cl)cnc3[nH]cc(NC(=O)C(C)(C)O)c23)C1. The van der Waals surface area contributed by atoms with Crippen LogP contribution < -0.4 is 21.1 Å². The molecule has 1 atom stereocenters. The average molecular weight is 467 g/mol. The van der Waals surface area contributed by atoms with Gasteiger partial charge in [0.05, 0.1) is 28.0 Å². The van der Waals surface area contributed by atoms with Gasteiger partial charge in [-0.2, -0.15) is 0 Å². The largest absolute Gasteiger partial charge is 0.443 e. The van der Waals surface area contributed by atoms with Crippen LogP contribution in [0.5, 0.6) is 0 Å². The number of halogens is 1. The number of piperidine rings is 1. The number of anilines is 2. The third-order valence-corrected chi connectivity index (χ3v) is 5.22. The third-order valence-electron chi connectivity index (χ3n) is 4.95. The fourth-order valence-corrected chi connectivity index (χ4v) is 3.76. The number of nitrogens with one attached hydrogen (secondary N) is 4. The van der Waals surface area contributed by atoms with E-state index in [4.69, 9.17) is 16.3 Å². The van der Waals surface area contributed by atoms with Crippen LogP contribution in [0.2, 0.25) is 5.02 Å². The lowest BCUT2D eigenvalue weighted by Crippen LogP contribution is -2.53. The molecule has 0 unspecified atom stereocenters. The maximum absolute atomic E-state index is 12.3. The Morgan fingerprint density at radius 2 is 2.03 bits per heavy atom. The molecule has 2 aromatic heterocycles. The number of pyridine rings is 1. The van der Waals surface area contributed by atoms with Gasteiger partial charge in [-0.1, -0.05) is 11.6 Å². The molecule has 3 heterocycles. The number of nitrogens with zero attached hydrogens (tertiary/aromatic N) is 2. The Morgan fingerprint density at radius 1 is 1.31 bits per heavy atom. The predicted molar refractivity (Wildman–Crippen MR) is 124 cm³/mol. The van der Waals surface area contributed by atoms with Crippen molar-refractivity contribution in [3.05, 3.63) is 17.4 Å². The van der Waals surface area contributed by atoms with Gasteiger partial charge < -0.3 is 25.0 Å². The molecule has 1 fully saturated rings. The molecule has 1 aliphatic rings. The smallest absolute Gasteiger partial charge is 0.422 e. The number of H-pyrrole nitrogens is 1. The van der Waals surface area contributed by atoms with Crippen molar-refractivity contribution in [2.45, 2.75) is 64.7 Å². The van der Waals surface area contributed by atoms with E-state index in [0.29, 0.717) is 28.3 Å². The first-order valence-electron chi connectivity index (χ1n) is 10.5. The highest BCUT2D eigenvalue weighted by atomic mass is 35.5. The molecule has 10 nitrogen and oxygen atoms in total. The van der Waals surface area contributed by atoms with E-state index in [-0.39, 0.29) is 6.04 Å². The van der Waals surface area contributed by atoms with E-state index >= 15 is 0 Å². The van der Waals surface area contributed by atoms with E-state index in [0.717, 1.165) is 25.1 Å². The van der Waals surface area contributed by atoms with Crippen molar-refractivity contribution in [1.29, 1.82) is 0 Å². The molecule has 2 aromatic rings. The molecule has 1 saturated heterocycles. The number of hydrogen-bond donors (Lipinski definition) is 5. The van der Waals surface area contributed by atoms with Crippen molar-refractivity contribution in [2.24, 2.45) is 0 Å². The number of aromatic nitrogens is 2. The van der Waals surface area contributed by atoms with Crippen molar-refractivity contribution < 1.29 is 19.4 Å². The van der Waals surface area contributed by atoms with Gasteiger partial charge in [0, 0.05) is 25.3 Å². The molecule has 1 aliphatic heterocycles. The van der Waals surface area contributed by atoms with Crippen LogP contribution in [-0.4, -0.2) is 57.4 Å². The van der Waals surface area contributed by atoms with E-state index < -0.39 is 23.2 Å². The topological polar surface area (TPSA) is 132 Å². The first-order chi connectivity index (χ1) is 14.8. The highest BCUT2D eigenvalue weighted by Gasteiger charge is 2.28. The molecule has 0 spiro atoms. The van der Waals surface area contributed by atoms with Gasteiger partial charge in [0.1, 0.15) is 16.8 Å². The van der Waals surface area contributed by atoms with Gasteiger partial charge in [0.2, 0.25) is 0 Å². The summed E-state index contributed by atoms with van der Waals surface area (Å²) >= 11 is 6.55. The summed E-state index contributed by atoms with van der Waals surface area (Å²) in [7, 11) is 0. The van der Waals surface area contributed by atoms with Gasteiger partial charge in [0.15, 0.2) is 0 Å². The van der Waals surface area contributed by atoms with Crippen LogP contribution in [0, 0.1) is 0 Å². The summed E-state index contributed by atoms with van der Waals surface area (Å²) in [6, 6.07) is -0.0380. The van der Waals surface area contributed by atoms with Crippen molar-refractivity contribution in [3.63, 3.8) is 0 Å². The second-order valence-corrected chi connectivity index (χ2v) is 9.86. The summed E-state index contributed by atoms with van der Waals surface area (Å²) in [6.07, 6.45) is 4.37. The minimum absolute atomic E-state index is 0.0380. The van der Waals surface area contributed by atoms with Crippen molar-refractivity contribution >= 4 is 46.0 Å². The maximum atomic E-state index is 12.3. The number of hydrazine groups is 1. The fraction of sp³-hybridized carbons (Fsp3) is 0.571. The summed E-state index contributed by atoms with van der Waals surface area (Å²) in [5, 5.41) is 13.9. The molecule has 0 bridgehead atoms. The molecule has 0 saturated carbocycles. The van der Waals surface area contributed by atoms with Crippen LogP contribution in [-0.2, 0) is 9.53 Å². The second kappa shape index (κ2) is 9.13. The van der Waals surface area contributed by atoms with E-state index in [1.54, 1.807) is 33.2 Å². The van der Waals surface area contributed by atoms with Gasteiger partial charge >= 0.3 is 6.09 Å². The van der Waals surface area contributed by atoms with Crippen LogP contribution in [0.3, 0.4) is 0 Å². The predicted octanol–water partition coefficient (Wildman–Crippen LogP) is 2.92. The number of amides is 2. The first kappa shape index (κ1) is 24.1. The van der Waals surface area contributed by atoms with Crippen LogP contribution in [0.1, 0.15) is 47.5 Å². The summed E-state index contributed by atoms with van der Waals surface area (Å²) in [4.78, 5) is 33.8. The van der Waals surface area contributed by atoms with Crippen LogP contribution in [0.4, 0.5) is 16.2 Å². The minimum Gasteiger partial charge on any atom is -0.443 e. The highest BCUT2D eigenvalue weighted by molar-refractivity contribution is 6.35. The first-order valence-corrected chi connectivity index (χ1v) is 10.9. The van der Waals surface area contributed by atoms with Gasteiger partial charge in [0.25, 0.3) is 5.91 Å². The second-order valence-electron chi connectivity index (χ2n) is 9.45. The summed E-state index contributed by atoms with van der Waals surface area (Å²) < 4.78 is 5.27.